The number of carbonyl (C=O) groups excluding carboxylic acids is 1. The number of rotatable bonds is 4. The van der Waals surface area contributed by atoms with Gasteiger partial charge < -0.3 is 0 Å². The van der Waals surface area contributed by atoms with E-state index < -0.39 is 0 Å². The molecule has 1 rings (SSSR count). The highest BCUT2D eigenvalue weighted by atomic mass is 16.1. The maximum atomic E-state index is 11.6. The first kappa shape index (κ1) is 10.2. The fourth-order valence-electron chi connectivity index (χ4n) is 1.19. The molecule has 1 aromatic rings. The third-order valence-corrected chi connectivity index (χ3v) is 1.92. The van der Waals surface area contributed by atoms with E-state index in [-0.39, 0.29) is 5.78 Å². The van der Waals surface area contributed by atoms with E-state index in [4.69, 9.17) is 5.26 Å². The van der Waals surface area contributed by atoms with Gasteiger partial charge in [0.15, 0.2) is 5.78 Å². The summed E-state index contributed by atoms with van der Waals surface area (Å²) in [5.74, 6) is 0.00190. The van der Waals surface area contributed by atoms with Gasteiger partial charge in [-0.15, -0.1) is 6.58 Å². The molecule has 1 aromatic carbocycles. The van der Waals surface area contributed by atoms with Crippen LogP contribution in [0.4, 0.5) is 0 Å². The van der Waals surface area contributed by atoms with E-state index in [2.05, 4.69) is 6.58 Å². The largest absolute Gasteiger partial charge is 0.294 e. The fraction of sp³-hybridized carbons (Fsp3) is 0.167. The van der Waals surface area contributed by atoms with Crippen LogP contribution >= 0.6 is 0 Å². The highest BCUT2D eigenvalue weighted by molar-refractivity contribution is 5.98. The van der Waals surface area contributed by atoms with Crippen LogP contribution < -0.4 is 0 Å². The van der Waals surface area contributed by atoms with Crippen molar-refractivity contribution in [3.8, 4) is 6.07 Å². The highest BCUT2D eigenvalue weighted by Crippen LogP contribution is 2.11. The molecule has 70 valence electrons. The summed E-state index contributed by atoms with van der Waals surface area (Å²) in [4.78, 5) is 11.6. The van der Waals surface area contributed by atoms with Gasteiger partial charge in [0.05, 0.1) is 11.6 Å². The summed E-state index contributed by atoms with van der Waals surface area (Å²) in [6.07, 6.45) is 2.77. The van der Waals surface area contributed by atoms with Crippen molar-refractivity contribution in [3.63, 3.8) is 0 Å². The van der Waals surface area contributed by atoms with E-state index in [1.165, 1.54) is 0 Å². The molecule has 0 aliphatic heterocycles. The topological polar surface area (TPSA) is 40.9 Å². The van der Waals surface area contributed by atoms with Crippen LogP contribution in [0.1, 0.15) is 28.8 Å². The zero-order valence-corrected chi connectivity index (χ0v) is 7.86. The molecule has 2 nitrogen and oxygen atoms in total. The van der Waals surface area contributed by atoms with Gasteiger partial charge in [-0.25, -0.2) is 0 Å². The van der Waals surface area contributed by atoms with Crippen molar-refractivity contribution in [1.29, 1.82) is 5.26 Å². The number of allylic oxidation sites excluding steroid dienone is 1. The van der Waals surface area contributed by atoms with Crippen LogP contribution in [0.3, 0.4) is 0 Å². The minimum atomic E-state index is 0.00190. The second-order valence-electron chi connectivity index (χ2n) is 2.91. The molecule has 0 atom stereocenters. The molecule has 0 aliphatic carbocycles. The monoisotopic (exact) mass is 185 g/mol. The third-order valence-electron chi connectivity index (χ3n) is 1.92. The van der Waals surface area contributed by atoms with Gasteiger partial charge in [0.2, 0.25) is 0 Å². The van der Waals surface area contributed by atoms with Crippen molar-refractivity contribution in [1.82, 2.24) is 0 Å². The Kier molecular flexibility index (Phi) is 3.63. The van der Waals surface area contributed by atoms with E-state index in [9.17, 15) is 4.79 Å². The van der Waals surface area contributed by atoms with Crippen molar-refractivity contribution in [3.05, 3.63) is 48.0 Å². The van der Waals surface area contributed by atoms with Crippen LogP contribution in [0.25, 0.3) is 0 Å². The quantitative estimate of drug-likeness (QED) is 0.534. The zero-order chi connectivity index (χ0) is 10.4. The summed E-state index contributed by atoms with van der Waals surface area (Å²) in [5, 5.41) is 8.77. The Morgan fingerprint density at radius 1 is 1.50 bits per heavy atom. The van der Waals surface area contributed by atoms with Crippen molar-refractivity contribution >= 4 is 5.78 Å². The lowest BCUT2D eigenvalue weighted by atomic mass is 10.0. The van der Waals surface area contributed by atoms with Gasteiger partial charge in [-0.3, -0.25) is 4.79 Å². The molecule has 0 saturated heterocycles. The first-order valence-electron chi connectivity index (χ1n) is 4.43. The van der Waals surface area contributed by atoms with Gasteiger partial charge in [-0.1, -0.05) is 24.3 Å². The Hall–Kier alpha value is -1.88. The molecule has 2 heteroatoms. The zero-order valence-electron chi connectivity index (χ0n) is 7.86. The highest BCUT2D eigenvalue weighted by Gasteiger charge is 2.08. The van der Waals surface area contributed by atoms with E-state index in [1.807, 2.05) is 6.07 Å². The van der Waals surface area contributed by atoms with Crippen molar-refractivity contribution < 1.29 is 4.79 Å². The van der Waals surface area contributed by atoms with Crippen LogP contribution in [-0.2, 0) is 0 Å². The van der Waals surface area contributed by atoms with Crippen LogP contribution in [0.2, 0.25) is 0 Å². The summed E-state index contributed by atoms with van der Waals surface area (Å²) in [6, 6.07) is 8.86. The first-order valence-corrected chi connectivity index (χ1v) is 4.43. The average Bonchev–Trinajstić information content (AvgIpc) is 2.25. The lowest BCUT2D eigenvalue weighted by molar-refractivity contribution is 0.0983. The Balaban J connectivity index is 2.90. The summed E-state index contributed by atoms with van der Waals surface area (Å²) in [6.45, 7) is 3.55. The second kappa shape index (κ2) is 4.98. The molecule has 0 spiro atoms. The van der Waals surface area contributed by atoms with Crippen LogP contribution in [0.5, 0.6) is 0 Å². The molecule has 0 bridgehead atoms. The molecule has 0 fully saturated rings. The fourth-order valence-corrected chi connectivity index (χ4v) is 1.19. The van der Waals surface area contributed by atoms with E-state index in [0.717, 1.165) is 0 Å². The number of ketones is 1. The number of carbonyl (C=O) groups is 1. The van der Waals surface area contributed by atoms with Crippen LogP contribution in [-0.4, -0.2) is 5.78 Å². The molecule has 0 radical (unpaired) electrons. The SMILES string of the molecule is C=CCCC(=O)c1ccccc1C#N. The van der Waals surface area contributed by atoms with Gasteiger partial charge >= 0.3 is 0 Å². The number of benzene rings is 1. The smallest absolute Gasteiger partial charge is 0.164 e. The van der Waals surface area contributed by atoms with Crippen molar-refractivity contribution in [2.24, 2.45) is 0 Å². The van der Waals surface area contributed by atoms with E-state index >= 15 is 0 Å². The van der Waals surface area contributed by atoms with Crippen molar-refractivity contribution in [2.75, 3.05) is 0 Å². The maximum absolute atomic E-state index is 11.6. The number of Topliss-reactive ketones (excluding diaryl/α,β-unsaturated/α-hetero) is 1. The Labute approximate surface area is 83.5 Å². The molecular formula is C12H11NO. The number of nitrogens with zero attached hydrogens (tertiary/aromatic N) is 1. The molecule has 0 N–H and O–H groups in total. The molecule has 0 aromatic heterocycles. The standard InChI is InChI=1S/C12H11NO/c1-2-3-8-12(14)11-7-5-4-6-10(11)9-13/h2,4-7H,1,3,8H2. The minimum Gasteiger partial charge on any atom is -0.294 e. The number of hydrogen-bond donors (Lipinski definition) is 0. The lowest BCUT2D eigenvalue weighted by Crippen LogP contribution is -2.00. The van der Waals surface area contributed by atoms with Gasteiger partial charge in [0.25, 0.3) is 0 Å². The minimum absolute atomic E-state index is 0.00190. The maximum Gasteiger partial charge on any atom is 0.164 e. The number of nitriles is 1. The van der Waals surface area contributed by atoms with Gasteiger partial charge in [-0.2, -0.15) is 5.26 Å². The molecule has 14 heavy (non-hydrogen) atoms. The van der Waals surface area contributed by atoms with Crippen LogP contribution in [0.15, 0.2) is 36.9 Å². The average molecular weight is 185 g/mol. The molecule has 0 unspecified atom stereocenters. The second-order valence-corrected chi connectivity index (χ2v) is 2.91. The third kappa shape index (κ3) is 2.30. The predicted molar refractivity (Wildman–Crippen MR) is 54.9 cm³/mol. The molecule has 0 heterocycles. The van der Waals surface area contributed by atoms with Gasteiger partial charge in [0, 0.05) is 12.0 Å². The Morgan fingerprint density at radius 2 is 2.21 bits per heavy atom. The summed E-state index contributed by atoms with van der Waals surface area (Å²) < 4.78 is 0. The van der Waals surface area contributed by atoms with Crippen LogP contribution in [0, 0.1) is 11.3 Å². The summed E-state index contributed by atoms with van der Waals surface area (Å²) in [5.41, 5.74) is 0.957. The molecular weight excluding hydrogens is 174 g/mol. The lowest BCUT2D eigenvalue weighted by Gasteiger charge is -2.00. The molecule has 0 amide bonds. The predicted octanol–water partition coefficient (Wildman–Crippen LogP) is 2.71. The van der Waals surface area contributed by atoms with E-state index in [1.54, 1.807) is 30.3 Å². The molecule has 0 saturated carbocycles. The van der Waals surface area contributed by atoms with Crippen molar-refractivity contribution in [2.45, 2.75) is 12.8 Å². The number of hydrogen-bond acceptors (Lipinski definition) is 2. The Morgan fingerprint density at radius 3 is 2.86 bits per heavy atom. The first-order chi connectivity index (χ1) is 6.79. The van der Waals surface area contributed by atoms with Gasteiger partial charge in [0.1, 0.15) is 0 Å². The van der Waals surface area contributed by atoms with Gasteiger partial charge in [-0.05, 0) is 12.5 Å². The Bertz CT molecular complexity index is 388. The molecule has 0 aliphatic rings. The van der Waals surface area contributed by atoms with E-state index in [0.29, 0.717) is 24.0 Å². The normalized spacial score (nSPS) is 9.07. The summed E-state index contributed by atoms with van der Waals surface area (Å²) >= 11 is 0. The summed E-state index contributed by atoms with van der Waals surface area (Å²) in [7, 11) is 0.